The maximum Gasteiger partial charge on any atom is 0.222 e. The van der Waals surface area contributed by atoms with Crippen LogP contribution in [0.1, 0.15) is 24.0 Å². The molecule has 3 aromatic rings. The molecule has 2 aromatic heterocycles. The molecule has 108 valence electrons. The number of hydrogen-bond acceptors (Lipinski definition) is 4. The van der Waals surface area contributed by atoms with E-state index in [9.17, 15) is 0 Å². The maximum atomic E-state index is 4.71. The third-order valence-electron chi connectivity index (χ3n) is 3.62. The topological polar surface area (TPSA) is 55.6 Å². The van der Waals surface area contributed by atoms with Gasteiger partial charge in [0.15, 0.2) is 0 Å². The smallest absolute Gasteiger partial charge is 0.222 e. The van der Waals surface area contributed by atoms with Crippen molar-refractivity contribution in [3.8, 4) is 0 Å². The number of nitrogens with one attached hydrogen (secondary N) is 1. The summed E-state index contributed by atoms with van der Waals surface area (Å²) in [5.41, 5.74) is 4.27. The molecule has 0 amide bonds. The van der Waals surface area contributed by atoms with E-state index in [4.69, 9.17) is 4.98 Å². The summed E-state index contributed by atoms with van der Waals surface area (Å²) in [4.78, 5) is 13.6. The highest BCUT2D eigenvalue weighted by molar-refractivity contribution is 5.75. The van der Waals surface area contributed by atoms with E-state index in [1.54, 1.807) is 0 Å². The number of para-hydroxylation sites is 2. The minimum Gasteiger partial charge on any atom is -0.354 e. The highest BCUT2D eigenvalue weighted by Gasteiger charge is 2.11. The minimum absolute atomic E-state index is 0.678. The van der Waals surface area contributed by atoms with E-state index in [0.717, 1.165) is 34.7 Å². The first-order valence-corrected chi connectivity index (χ1v) is 7.15. The third-order valence-corrected chi connectivity index (χ3v) is 3.62. The summed E-state index contributed by atoms with van der Waals surface area (Å²) in [6.45, 7) is 4.89. The highest BCUT2D eigenvalue weighted by Crippen LogP contribution is 2.18. The zero-order chi connectivity index (χ0) is 14.8. The molecule has 3 rings (SSSR count). The van der Waals surface area contributed by atoms with Crippen molar-refractivity contribution in [1.29, 1.82) is 0 Å². The summed E-state index contributed by atoms with van der Waals surface area (Å²) in [7, 11) is 2.05. The van der Waals surface area contributed by atoms with Crippen LogP contribution in [0.25, 0.3) is 11.0 Å². The molecule has 1 aromatic carbocycles. The first-order valence-electron chi connectivity index (χ1n) is 7.15. The molecular formula is C16H19N5. The number of hydrogen-bond donors (Lipinski definition) is 1. The molecule has 0 aliphatic carbocycles. The van der Waals surface area contributed by atoms with Gasteiger partial charge in [0.05, 0.1) is 16.7 Å². The Morgan fingerprint density at radius 3 is 2.76 bits per heavy atom. The van der Waals surface area contributed by atoms with Gasteiger partial charge in [-0.1, -0.05) is 12.1 Å². The number of imidazole rings is 1. The molecule has 0 spiro atoms. The van der Waals surface area contributed by atoms with Crippen LogP contribution in [0.4, 0.5) is 5.95 Å². The number of rotatable bonds is 4. The Bertz CT molecular complexity index is 775. The number of aromatic nitrogens is 4. The summed E-state index contributed by atoms with van der Waals surface area (Å²) in [5, 5.41) is 3.15. The van der Waals surface area contributed by atoms with Gasteiger partial charge in [-0.2, -0.15) is 0 Å². The summed E-state index contributed by atoms with van der Waals surface area (Å²) >= 11 is 0. The molecule has 2 heterocycles. The van der Waals surface area contributed by atoms with Crippen molar-refractivity contribution in [3.63, 3.8) is 0 Å². The fourth-order valence-corrected chi connectivity index (χ4v) is 2.40. The Kier molecular flexibility index (Phi) is 3.56. The van der Waals surface area contributed by atoms with Crippen LogP contribution >= 0.6 is 0 Å². The molecule has 0 atom stereocenters. The van der Waals surface area contributed by atoms with Crippen LogP contribution in [0.3, 0.4) is 0 Å². The number of fused-ring (bicyclic) bond motifs is 1. The van der Waals surface area contributed by atoms with Crippen LogP contribution in [-0.4, -0.2) is 26.1 Å². The Balaban J connectivity index is 1.98. The normalized spacial score (nSPS) is 11.0. The molecule has 0 aliphatic rings. The van der Waals surface area contributed by atoms with Gasteiger partial charge in [-0.3, -0.25) is 0 Å². The second-order valence-corrected chi connectivity index (χ2v) is 5.11. The third kappa shape index (κ3) is 2.59. The van der Waals surface area contributed by atoms with Crippen LogP contribution < -0.4 is 5.32 Å². The Labute approximate surface area is 124 Å². The number of benzene rings is 1. The number of aryl methyl sites for hydroxylation is 2. The van der Waals surface area contributed by atoms with E-state index in [1.807, 2.05) is 45.3 Å². The summed E-state index contributed by atoms with van der Waals surface area (Å²) < 4.78 is 2.13. The van der Waals surface area contributed by atoms with Crippen molar-refractivity contribution >= 4 is 17.0 Å². The average Bonchev–Trinajstić information content (AvgIpc) is 2.80. The maximum absolute atomic E-state index is 4.71. The lowest BCUT2D eigenvalue weighted by Gasteiger charge is -2.08. The number of nitrogens with zero attached hydrogens (tertiary/aromatic N) is 4. The zero-order valence-corrected chi connectivity index (χ0v) is 12.6. The van der Waals surface area contributed by atoms with Gasteiger partial charge in [0.2, 0.25) is 5.95 Å². The monoisotopic (exact) mass is 281 g/mol. The molecule has 0 radical (unpaired) electrons. The quantitative estimate of drug-likeness (QED) is 0.799. The lowest BCUT2D eigenvalue weighted by Crippen LogP contribution is -2.08. The fraction of sp³-hybridized carbons (Fsp3) is 0.312. The molecule has 5 heteroatoms. The largest absolute Gasteiger partial charge is 0.354 e. The van der Waals surface area contributed by atoms with Gasteiger partial charge in [0, 0.05) is 26.2 Å². The van der Waals surface area contributed by atoms with Gasteiger partial charge in [-0.05, 0) is 31.5 Å². The summed E-state index contributed by atoms with van der Waals surface area (Å²) in [6.07, 6.45) is 2.57. The van der Waals surface area contributed by atoms with Crippen molar-refractivity contribution in [1.82, 2.24) is 19.5 Å². The van der Waals surface area contributed by atoms with Crippen LogP contribution in [0, 0.1) is 6.92 Å². The molecule has 0 unspecified atom stereocenters. The van der Waals surface area contributed by atoms with Crippen molar-refractivity contribution in [3.05, 3.63) is 47.5 Å². The lowest BCUT2D eigenvalue weighted by molar-refractivity contribution is 0.824. The van der Waals surface area contributed by atoms with Crippen LogP contribution in [0.15, 0.2) is 30.5 Å². The van der Waals surface area contributed by atoms with Gasteiger partial charge < -0.3 is 9.88 Å². The van der Waals surface area contributed by atoms with Crippen LogP contribution in [-0.2, 0) is 13.5 Å². The SMILES string of the molecule is CCNc1ncc(C)c(Cc2nc3ccccc3n2C)n1. The zero-order valence-electron chi connectivity index (χ0n) is 12.6. The standard InChI is InChI=1S/C16H19N5/c1-4-17-16-18-10-11(2)13(20-16)9-15-19-12-7-5-6-8-14(12)21(15)3/h5-8,10H,4,9H2,1-3H3,(H,17,18,20). The van der Waals surface area contributed by atoms with Crippen molar-refractivity contribution < 1.29 is 0 Å². The molecule has 0 aliphatic heterocycles. The molecule has 0 fully saturated rings. The van der Waals surface area contributed by atoms with Crippen molar-refractivity contribution in [2.24, 2.45) is 7.05 Å². The van der Waals surface area contributed by atoms with Crippen molar-refractivity contribution in [2.75, 3.05) is 11.9 Å². The molecule has 5 nitrogen and oxygen atoms in total. The van der Waals surface area contributed by atoms with Crippen molar-refractivity contribution in [2.45, 2.75) is 20.3 Å². The molecule has 0 saturated carbocycles. The van der Waals surface area contributed by atoms with Crippen LogP contribution in [0.2, 0.25) is 0 Å². The fourth-order valence-electron chi connectivity index (χ4n) is 2.40. The van der Waals surface area contributed by atoms with Gasteiger partial charge in [0.1, 0.15) is 5.82 Å². The van der Waals surface area contributed by atoms with E-state index in [2.05, 4.69) is 25.9 Å². The average molecular weight is 281 g/mol. The van der Waals surface area contributed by atoms with E-state index in [0.29, 0.717) is 12.4 Å². The number of anilines is 1. The van der Waals surface area contributed by atoms with Gasteiger partial charge in [-0.15, -0.1) is 0 Å². The van der Waals surface area contributed by atoms with Gasteiger partial charge in [-0.25, -0.2) is 15.0 Å². The Hall–Kier alpha value is -2.43. The van der Waals surface area contributed by atoms with E-state index in [-0.39, 0.29) is 0 Å². The molecule has 1 N–H and O–H groups in total. The van der Waals surface area contributed by atoms with Gasteiger partial charge >= 0.3 is 0 Å². The molecule has 0 saturated heterocycles. The van der Waals surface area contributed by atoms with E-state index < -0.39 is 0 Å². The van der Waals surface area contributed by atoms with Crippen LogP contribution in [0.5, 0.6) is 0 Å². The van der Waals surface area contributed by atoms with Gasteiger partial charge in [0.25, 0.3) is 0 Å². The molecule has 21 heavy (non-hydrogen) atoms. The predicted octanol–water partition coefficient (Wildman–Crippen LogP) is 2.69. The second-order valence-electron chi connectivity index (χ2n) is 5.11. The first-order chi connectivity index (χ1) is 10.2. The summed E-state index contributed by atoms with van der Waals surface area (Å²) in [6, 6.07) is 8.17. The second kappa shape index (κ2) is 5.52. The van der Waals surface area contributed by atoms with E-state index in [1.165, 1.54) is 0 Å². The highest BCUT2D eigenvalue weighted by atomic mass is 15.1. The lowest BCUT2D eigenvalue weighted by atomic mass is 10.2. The predicted molar refractivity (Wildman–Crippen MR) is 84.5 cm³/mol. The Morgan fingerprint density at radius 2 is 2.00 bits per heavy atom. The molecule has 0 bridgehead atoms. The molecular weight excluding hydrogens is 262 g/mol. The minimum atomic E-state index is 0.678. The first kappa shape index (κ1) is 13.5. The summed E-state index contributed by atoms with van der Waals surface area (Å²) in [5.74, 6) is 1.69. The van der Waals surface area contributed by atoms with E-state index >= 15 is 0 Å². The Morgan fingerprint density at radius 1 is 1.19 bits per heavy atom.